The SMILES string of the molecule is COc1ccc(CCNC(=O)c2ccc(C(N)=O)nc2)cc1OC. The molecule has 2 aromatic rings. The fourth-order valence-electron chi connectivity index (χ4n) is 2.13. The minimum absolute atomic E-state index is 0.122. The molecule has 0 unspecified atom stereocenters. The number of pyridine rings is 1. The van der Waals surface area contributed by atoms with Gasteiger partial charge in [0, 0.05) is 12.7 Å². The number of amides is 2. The summed E-state index contributed by atoms with van der Waals surface area (Å²) in [6, 6.07) is 8.54. The monoisotopic (exact) mass is 329 g/mol. The van der Waals surface area contributed by atoms with Gasteiger partial charge < -0.3 is 20.5 Å². The summed E-state index contributed by atoms with van der Waals surface area (Å²) in [6.45, 7) is 0.450. The van der Waals surface area contributed by atoms with E-state index in [0.29, 0.717) is 30.0 Å². The molecule has 0 saturated heterocycles. The van der Waals surface area contributed by atoms with Gasteiger partial charge in [0.1, 0.15) is 5.69 Å². The maximum Gasteiger partial charge on any atom is 0.267 e. The lowest BCUT2D eigenvalue weighted by Crippen LogP contribution is -2.26. The smallest absolute Gasteiger partial charge is 0.267 e. The van der Waals surface area contributed by atoms with Gasteiger partial charge in [0.2, 0.25) is 0 Å². The van der Waals surface area contributed by atoms with Crippen LogP contribution in [0.25, 0.3) is 0 Å². The van der Waals surface area contributed by atoms with Crippen LogP contribution in [0.4, 0.5) is 0 Å². The first kappa shape index (κ1) is 17.3. The average molecular weight is 329 g/mol. The molecule has 0 fully saturated rings. The molecule has 1 aromatic carbocycles. The lowest BCUT2D eigenvalue weighted by molar-refractivity contribution is 0.0950. The zero-order valence-electron chi connectivity index (χ0n) is 13.5. The van der Waals surface area contributed by atoms with Crippen LogP contribution in [0.2, 0.25) is 0 Å². The number of benzene rings is 1. The summed E-state index contributed by atoms with van der Waals surface area (Å²) >= 11 is 0. The van der Waals surface area contributed by atoms with Gasteiger partial charge in [-0.2, -0.15) is 0 Å². The molecule has 0 bridgehead atoms. The van der Waals surface area contributed by atoms with E-state index in [1.165, 1.54) is 18.3 Å². The fourth-order valence-corrected chi connectivity index (χ4v) is 2.13. The van der Waals surface area contributed by atoms with Gasteiger partial charge in [-0.25, -0.2) is 0 Å². The number of aromatic nitrogens is 1. The van der Waals surface area contributed by atoms with Crippen LogP contribution in [0.5, 0.6) is 11.5 Å². The van der Waals surface area contributed by atoms with Crippen molar-refractivity contribution >= 4 is 11.8 Å². The zero-order chi connectivity index (χ0) is 17.5. The molecule has 0 aliphatic heterocycles. The first-order chi connectivity index (χ1) is 11.5. The predicted octanol–water partition coefficient (Wildman–Crippen LogP) is 1.17. The van der Waals surface area contributed by atoms with Gasteiger partial charge in [0.25, 0.3) is 11.8 Å². The minimum atomic E-state index is -0.629. The number of nitrogens with one attached hydrogen (secondary N) is 1. The molecule has 1 heterocycles. The second kappa shape index (κ2) is 7.96. The Labute approximate surface area is 139 Å². The molecule has 0 radical (unpaired) electrons. The molecule has 3 N–H and O–H groups in total. The van der Waals surface area contributed by atoms with Crippen LogP contribution in [0, 0.1) is 0 Å². The zero-order valence-corrected chi connectivity index (χ0v) is 13.5. The van der Waals surface area contributed by atoms with Gasteiger partial charge in [0.05, 0.1) is 19.8 Å². The second-order valence-corrected chi connectivity index (χ2v) is 4.99. The minimum Gasteiger partial charge on any atom is -0.493 e. The van der Waals surface area contributed by atoms with Gasteiger partial charge in [-0.15, -0.1) is 0 Å². The van der Waals surface area contributed by atoms with E-state index in [0.717, 1.165) is 5.56 Å². The molecule has 0 aliphatic carbocycles. The van der Waals surface area contributed by atoms with E-state index >= 15 is 0 Å². The highest BCUT2D eigenvalue weighted by molar-refractivity contribution is 5.95. The number of carbonyl (C=O) groups excluding carboxylic acids is 2. The maximum atomic E-state index is 12.0. The van der Waals surface area contributed by atoms with Crippen LogP contribution in [0.15, 0.2) is 36.5 Å². The molecular formula is C17H19N3O4. The lowest BCUT2D eigenvalue weighted by Gasteiger charge is -2.10. The predicted molar refractivity (Wildman–Crippen MR) is 88.3 cm³/mol. The van der Waals surface area contributed by atoms with Crippen molar-refractivity contribution in [3.8, 4) is 11.5 Å². The molecule has 126 valence electrons. The van der Waals surface area contributed by atoms with E-state index in [-0.39, 0.29) is 11.6 Å². The Morgan fingerprint density at radius 3 is 2.46 bits per heavy atom. The van der Waals surface area contributed by atoms with Crippen molar-refractivity contribution in [3.05, 3.63) is 53.3 Å². The van der Waals surface area contributed by atoms with E-state index in [4.69, 9.17) is 15.2 Å². The molecular weight excluding hydrogens is 310 g/mol. The molecule has 0 spiro atoms. The maximum absolute atomic E-state index is 12.0. The van der Waals surface area contributed by atoms with E-state index in [9.17, 15) is 9.59 Å². The summed E-state index contributed by atoms with van der Waals surface area (Å²) in [5.41, 5.74) is 6.61. The Bertz CT molecular complexity index is 729. The second-order valence-electron chi connectivity index (χ2n) is 4.99. The first-order valence-electron chi connectivity index (χ1n) is 7.30. The summed E-state index contributed by atoms with van der Waals surface area (Å²) in [4.78, 5) is 26.8. The summed E-state index contributed by atoms with van der Waals surface area (Å²) in [5.74, 6) is 0.410. The van der Waals surface area contributed by atoms with E-state index in [2.05, 4.69) is 10.3 Å². The lowest BCUT2D eigenvalue weighted by atomic mass is 10.1. The standard InChI is InChI=1S/C17H19N3O4/c1-23-14-6-3-11(9-15(14)24-2)7-8-19-17(22)12-4-5-13(16(18)21)20-10-12/h3-6,9-10H,7-8H2,1-2H3,(H2,18,21)(H,19,22). The van der Waals surface area contributed by atoms with E-state index in [1.807, 2.05) is 18.2 Å². The Morgan fingerprint density at radius 1 is 1.12 bits per heavy atom. The van der Waals surface area contributed by atoms with Crippen molar-refractivity contribution in [1.82, 2.24) is 10.3 Å². The highest BCUT2D eigenvalue weighted by Crippen LogP contribution is 2.27. The van der Waals surface area contributed by atoms with Crippen molar-refractivity contribution in [3.63, 3.8) is 0 Å². The van der Waals surface area contributed by atoms with Gasteiger partial charge in [-0.1, -0.05) is 6.07 Å². The molecule has 0 saturated carbocycles. The number of primary amides is 1. The van der Waals surface area contributed by atoms with Gasteiger partial charge in [-0.3, -0.25) is 14.6 Å². The first-order valence-corrected chi connectivity index (χ1v) is 7.30. The fraction of sp³-hybridized carbons (Fsp3) is 0.235. The van der Waals surface area contributed by atoms with Crippen molar-refractivity contribution < 1.29 is 19.1 Å². The van der Waals surface area contributed by atoms with Crippen molar-refractivity contribution in [2.75, 3.05) is 20.8 Å². The summed E-state index contributed by atoms with van der Waals surface area (Å²) < 4.78 is 10.4. The molecule has 2 amide bonds. The number of ether oxygens (including phenoxy) is 2. The summed E-state index contributed by atoms with van der Waals surface area (Å²) in [6.07, 6.45) is 1.96. The summed E-state index contributed by atoms with van der Waals surface area (Å²) in [5, 5.41) is 2.80. The van der Waals surface area contributed by atoms with Crippen molar-refractivity contribution in [1.29, 1.82) is 0 Å². The average Bonchev–Trinajstić information content (AvgIpc) is 2.61. The molecule has 2 rings (SSSR count). The third-order valence-corrected chi connectivity index (χ3v) is 3.43. The number of nitrogens with two attached hydrogens (primary N) is 1. The topological polar surface area (TPSA) is 104 Å². The molecule has 0 aliphatic rings. The van der Waals surface area contributed by atoms with Crippen LogP contribution in [0.1, 0.15) is 26.4 Å². The van der Waals surface area contributed by atoms with E-state index < -0.39 is 5.91 Å². The summed E-state index contributed by atoms with van der Waals surface area (Å²) in [7, 11) is 3.15. The highest BCUT2D eigenvalue weighted by Gasteiger charge is 2.09. The van der Waals surface area contributed by atoms with Crippen molar-refractivity contribution in [2.24, 2.45) is 5.73 Å². The number of carbonyl (C=O) groups is 2. The van der Waals surface area contributed by atoms with Crippen LogP contribution < -0.4 is 20.5 Å². The molecule has 1 aromatic heterocycles. The molecule has 7 heteroatoms. The van der Waals surface area contributed by atoms with Crippen LogP contribution >= 0.6 is 0 Å². The normalized spacial score (nSPS) is 10.1. The van der Waals surface area contributed by atoms with Crippen LogP contribution in [-0.4, -0.2) is 37.6 Å². The van der Waals surface area contributed by atoms with Crippen LogP contribution in [-0.2, 0) is 6.42 Å². The van der Waals surface area contributed by atoms with E-state index in [1.54, 1.807) is 14.2 Å². The third kappa shape index (κ3) is 4.22. The number of hydrogen-bond acceptors (Lipinski definition) is 5. The number of rotatable bonds is 7. The van der Waals surface area contributed by atoms with Gasteiger partial charge >= 0.3 is 0 Å². The highest BCUT2D eigenvalue weighted by atomic mass is 16.5. The molecule has 0 atom stereocenters. The number of hydrogen-bond donors (Lipinski definition) is 2. The Kier molecular flexibility index (Phi) is 5.73. The largest absolute Gasteiger partial charge is 0.493 e. The molecule has 7 nitrogen and oxygen atoms in total. The quantitative estimate of drug-likeness (QED) is 0.793. The Hall–Kier alpha value is -3.09. The number of nitrogens with zero attached hydrogens (tertiary/aromatic N) is 1. The van der Waals surface area contributed by atoms with Gasteiger partial charge in [0.15, 0.2) is 11.5 Å². The third-order valence-electron chi connectivity index (χ3n) is 3.43. The van der Waals surface area contributed by atoms with Gasteiger partial charge in [-0.05, 0) is 36.2 Å². The molecule has 24 heavy (non-hydrogen) atoms. The van der Waals surface area contributed by atoms with Crippen molar-refractivity contribution in [2.45, 2.75) is 6.42 Å². The Morgan fingerprint density at radius 2 is 1.88 bits per heavy atom. The van der Waals surface area contributed by atoms with Crippen LogP contribution in [0.3, 0.4) is 0 Å². The Balaban J connectivity index is 1.91. The number of methoxy groups -OCH3 is 2.